The van der Waals surface area contributed by atoms with Crippen LogP contribution in [0.3, 0.4) is 0 Å². The SMILES string of the molecule is Cc1ccc(NC(=S)NC(=O)C=Cc2ccccc2)cc1C. The highest BCUT2D eigenvalue weighted by Gasteiger charge is 2.02. The van der Waals surface area contributed by atoms with Crippen LogP contribution in [0.1, 0.15) is 16.7 Å². The zero-order valence-corrected chi connectivity index (χ0v) is 13.4. The normalized spacial score (nSPS) is 10.5. The van der Waals surface area contributed by atoms with E-state index < -0.39 is 0 Å². The van der Waals surface area contributed by atoms with Crippen LogP contribution in [0, 0.1) is 13.8 Å². The molecule has 0 fully saturated rings. The molecule has 0 aliphatic carbocycles. The van der Waals surface area contributed by atoms with Crippen LogP contribution in [0.25, 0.3) is 6.08 Å². The molecule has 0 saturated heterocycles. The van der Waals surface area contributed by atoms with E-state index in [2.05, 4.69) is 10.6 Å². The Labute approximate surface area is 136 Å². The molecule has 2 aromatic rings. The zero-order chi connectivity index (χ0) is 15.9. The van der Waals surface area contributed by atoms with Gasteiger partial charge >= 0.3 is 0 Å². The highest BCUT2D eigenvalue weighted by molar-refractivity contribution is 7.80. The van der Waals surface area contributed by atoms with Gasteiger partial charge in [0, 0.05) is 11.8 Å². The minimum atomic E-state index is -0.259. The second-order valence-electron chi connectivity index (χ2n) is 4.99. The van der Waals surface area contributed by atoms with Crippen molar-refractivity contribution in [1.82, 2.24) is 5.32 Å². The van der Waals surface area contributed by atoms with E-state index in [0.29, 0.717) is 0 Å². The molecule has 0 aliphatic heterocycles. The molecule has 22 heavy (non-hydrogen) atoms. The first-order chi connectivity index (χ1) is 10.5. The smallest absolute Gasteiger partial charge is 0.250 e. The van der Waals surface area contributed by atoms with Crippen LogP contribution in [-0.2, 0) is 4.79 Å². The summed E-state index contributed by atoms with van der Waals surface area (Å²) in [6.45, 7) is 4.08. The maximum atomic E-state index is 11.8. The summed E-state index contributed by atoms with van der Waals surface area (Å²) >= 11 is 5.14. The van der Waals surface area contributed by atoms with E-state index in [1.54, 1.807) is 6.08 Å². The van der Waals surface area contributed by atoms with Crippen molar-refractivity contribution in [3.05, 3.63) is 71.3 Å². The molecule has 2 N–H and O–H groups in total. The van der Waals surface area contributed by atoms with Crippen molar-refractivity contribution < 1.29 is 4.79 Å². The number of carbonyl (C=O) groups is 1. The molecule has 0 unspecified atom stereocenters. The van der Waals surface area contributed by atoms with Gasteiger partial charge in [-0.05, 0) is 61.0 Å². The predicted molar refractivity (Wildman–Crippen MR) is 95.8 cm³/mol. The molecule has 0 spiro atoms. The number of carbonyl (C=O) groups excluding carboxylic acids is 1. The van der Waals surface area contributed by atoms with Crippen molar-refractivity contribution >= 4 is 35.0 Å². The van der Waals surface area contributed by atoms with Crippen LogP contribution >= 0.6 is 12.2 Å². The average Bonchev–Trinajstić information content (AvgIpc) is 2.50. The van der Waals surface area contributed by atoms with Crippen LogP contribution < -0.4 is 10.6 Å². The Morgan fingerprint density at radius 1 is 1.05 bits per heavy atom. The van der Waals surface area contributed by atoms with Crippen molar-refractivity contribution in [3.8, 4) is 0 Å². The van der Waals surface area contributed by atoms with Crippen LogP contribution in [0.5, 0.6) is 0 Å². The Morgan fingerprint density at radius 2 is 1.77 bits per heavy atom. The summed E-state index contributed by atoms with van der Waals surface area (Å²) in [5.74, 6) is -0.259. The van der Waals surface area contributed by atoms with Gasteiger partial charge in [-0.3, -0.25) is 10.1 Å². The molecule has 0 heterocycles. The Morgan fingerprint density at radius 3 is 2.45 bits per heavy atom. The van der Waals surface area contributed by atoms with Gasteiger partial charge in [0.1, 0.15) is 0 Å². The third kappa shape index (κ3) is 4.82. The third-order valence-corrected chi connectivity index (χ3v) is 3.43. The second kappa shape index (κ2) is 7.52. The number of aryl methyl sites for hydroxylation is 2. The number of thiocarbonyl (C=S) groups is 1. The molecule has 0 saturated carbocycles. The fourth-order valence-electron chi connectivity index (χ4n) is 1.87. The van der Waals surface area contributed by atoms with Crippen LogP contribution in [0.2, 0.25) is 0 Å². The maximum Gasteiger partial charge on any atom is 0.250 e. The van der Waals surface area contributed by atoms with Gasteiger partial charge in [0.25, 0.3) is 0 Å². The molecule has 112 valence electrons. The molecule has 3 nitrogen and oxygen atoms in total. The predicted octanol–water partition coefficient (Wildman–Crippen LogP) is 3.83. The molecular weight excluding hydrogens is 292 g/mol. The number of rotatable bonds is 3. The van der Waals surface area contributed by atoms with E-state index in [1.807, 2.05) is 62.4 Å². The van der Waals surface area contributed by atoms with Crippen molar-refractivity contribution in [3.63, 3.8) is 0 Å². The second-order valence-corrected chi connectivity index (χ2v) is 5.39. The van der Waals surface area contributed by atoms with Crippen molar-refractivity contribution in [2.24, 2.45) is 0 Å². The number of benzene rings is 2. The van der Waals surface area contributed by atoms with E-state index in [9.17, 15) is 4.79 Å². The summed E-state index contributed by atoms with van der Waals surface area (Å²) in [4.78, 5) is 11.8. The molecule has 2 aromatic carbocycles. The summed E-state index contributed by atoms with van der Waals surface area (Å²) in [5.41, 5.74) is 4.21. The van der Waals surface area contributed by atoms with Crippen LogP contribution in [0.4, 0.5) is 5.69 Å². The first-order valence-corrected chi connectivity index (χ1v) is 7.38. The number of amides is 1. The first kappa shape index (κ1) is 15.9. The number of hydrogen-bond donors (Lipinski definition) is 2. The van der Waals surface area contributed by atoms with Crippen molar-refractivity contribution in [2.75, 3.05) is 5.32 Å². The maximum absolute atomic E-state index is 11.8. The van der Waals surface area contributed by atoms with E-state index in [-0.39, 0.29) is 11.0 Å². The van der Waals surface area contributed by atoms with E-state index >= 15 is 0 Å². The monoisotopic (exact) mass is 310 g/mol. The number of anilines is 1. The lowest BCUT2D eigenvalue weighted by Gasteiger charge is -2.09. The fraction of sp³-hybridized carbons (Fsp3) is 0.111. The molecule has 0 atom stereocenters. The quantitative estimate of drug-likeness (QED) is 0.669. The highest BCUT2D eigenvalue weighted by Crippen LogP contribution is 2.13. The van der Waals surface area contributed by atoms with Gasteiger partial charge < -0.3 is 5.32 Å². The fourth-order valence-corrected chi connectivity index (χ4v) is 2.09. The lowest BCUT2D eigenvalue weighted by atomic mass is 10.1. The van der Waals surface area contributed by atoms with Gasteiger partial charge in [-0.25, -0.2) is 0 Å². The van der Waals surface area contributed by atoms with E-state index in [4.69, 9.17) is 12.2 Å². The molecule has 1 amide bonds. The number of nitrogens with one attached hydrogen (secondary N) is 2. The summed E-state index contributed by atoms with van der Waals surface area (Å²) < 4.78 is 0. The molecule has 0 bridgehead atoms. The average molecular weight is 310 g/mol. The van der Waals surface area contributed by atoms with Gasteiger partial charge in [0.05, 0.1) is 0 Å². The van der Waals surface area contributed by atoms with Crippen molar-refractivity contribution in [1.29, 1.82) is 0 Å². The first-order valence-electron chi connectivity index (χ1n) is 6.97. The standard InChI is InChI=1S/C18H18N2OS/c1-13-8-10-16(12-14(13)2)19-18(22)20-17(21)11-9-15-6-4-3-5-7-15/h3-12H,1-2H3,(H2,19,20,21,22). The third-order valence-electron chi connectivity index (χ3n) is 3.23. The topological polar surface area (TPSA) is 41.1 Å². The highest BCUT2D eigenvalue weighted by atomic mass is 32.1. The minimum Gasteiger partial charge on any atom is -0.332 e. The van der Waals surface area contributed by atoms with Crippen molar-refractivity contribution in [2.45, 2.75) is 13.8 Å². The zero-order valence-electron chi connectivity index (χ0n) is 12.6. The lowest BCUT2D eigenvalue weighted by molar-refractivity contribution is -0.115. The minimum absolute atomic E-state index is 0.259. The molecular formula is C18H18N2OS. The Bertz CT molecular complexity index is 708. The Kier molecular flexibility index (Phi) is 5.44. The molecule has 2 rings (SSSR count). The Balaban J connectivity index is 1.90. The largest absolute Gasteiger partial charge is 0.332 e. The van der Waals surface area contributed by atoms with Gasteiger partial charge in [0.2, 0.25) is 5.91 Å². The molecule has 4 heteroatoms. The van der Waals surface area contributed by atoms with Gasteiger partial charge in [-0.1, -0.05) is 36.4 Å². The summed E-state index contributed by atoms with van der Waals surface area (Å²) in [5, 5.41) is 5.92. The van der Waals surface area contributed by atoms with Gasteiger partial charge in [0.15, 0.2) is 5.11 Å². The molecule has 0 aliphatic rings. The van der Waals surface area contributed by atoms with Gasteiger partial charge in [-0.15, -0.1) is 0 Å². The summed E-state index contributed by atoms with van der Waals surface area (Å²) in [7, 11) is 0. The molecule has 0 radical (unpaired) electrons. The van der Waals surface area contributed by atoms with Crippen LogP contribution in [-0.4, -0.2) is 11.0 Å². The summed E-state index contributed by atoms with van der Waals surface area (Å²) in [6, 6.07) is 15.6. The molecule has 0 aromatic heterocycles. The Hall–Kier alpha value is -2.46. The van der Waals surface area contributed by atoms with Gasteiger partial charge in [-0.2, -0.15) is 0 Å². The lowest BCUT2D eigenvalue weighted by Crippen LogP contribution is -2.32. The summed E-state index contributed by atoms with van der Waals surface area (Å²) in [6.07, 6.45) is 3.21. The van der Waals surface area contributed by atoms with E-state index in [1.165, 1.54) is 17.2 Å². The van der Waals surface area contributed by atoms with Crippen LogP contribution in [0.15, 0.2) is 54.6 Å². The van der Waals surface area contributed by atoms with E-state index in [0.717, 1.165) is 11.3 Å². The number of hydrogen-bond acceptors (Lipinski definition) is 2.